The summed E-state index contributed by atoms with van der Waals surface area (Å²) in [6, 6.07) is 11.0. The molecule has 2 aromatic carbocycles. The van der Waals surface area contributed by atoms with E-state index < -0.39 is 5.97 Å². The number of carbonyl (C=O) groups is 1. The van der Waals surface area contributed by atoms with Crippen LogP contribution in [0.1, 0.15) is 16.7 Å². The van der Waals surface area contributed by atoms with Gasteiger partial charge in [0, 0.05) is 0 Å². The number of rotatable bonds is 3. The Kier molecular flexibility index (Phi) is 4.16. The van der Waals surface area contributed by atoms with Crippen LogP contribution in [0.15, 0.2) is 47.5 Å². The van der Waals surface area contributed by atoms with Crippen LogP contribution in [-0.4, -0.2) is 15.5 Å². The minimum absolute atomic E-state index is 0.177. The van der Waals surface area contributed by atoms with Gasteiger partial charge in [-0.2, -0.15) is 0 Å². The second-order valence-electron chi connectivity index (χ2n) is 5.90. The van der Waals surface area contributed by atoms with Gasteiger partial charge < -0.3 is 4.74 Å². The Morgan fingerprint density at radius 1 is 1.12 bits per heavy atom. The highest BCUT2D eigenvalue weighted by molar-refractivity contribution is 5.78. The number of ether oxygens (including phenoxy) is 1. The fraction of sp³-hybridized carbons (Fsp3) is 0.211. The van der Waals surface area contributed by atoms with Crippen LogP contribution in [0, 0.1) is 20.8 Å². The lowest BCUT2D eigenvalue weighted by molar-refractivity contribution is -0.135. The number of hydrogen-bond donors (Lipinski definition) is 0. The molecule has 0 aliphatic carbocycles. The lowest BCUT2D eigenvalue weighted by Gasteiger charge is -2.12. The highest BCUT2D eigenvalue weighted by atomic mass is 16.5. The molecule has 3 aromatic rings. The summed E-state index contributed by atoms with van der Waals surface area (Å²) in [4.78, 5) is 28.9. The Hall–Kier alpha value is -2.95. The molecule has 0 fully saturated rings. The van der Waals surface area contributed by atoms with Crippen LogP contribution in [0.4, 0.5) is 0 Å². The molecule has 0 aliphatic heterocycles. The van der Waals surface area contributed by atoms with Gasteiger partial charge in [0.2, 0.25) is 0 Å². The number of hydrogen-bond acceptors (Lipinski definition) is 4. The third-order valence-electron chi connectivity index (χ3n) is 3.85. The number of para-hydroxylation sites is 1. The molecule has 0 radical (unpaired) electrons. The molecule has 1 aromatic heterocycles. The summed E-state index contributed by atoms with van der Waals surface area (Å²) in [5, 5.41) is 0.482. The van der Waals surface area contributed by atoms with Crippen molar-refractivity contribution in [1.29, 1.82) is 0 Å². The van der Waals surface area contributed by atoms with Crippen LogP contribution in [0.25, 0.3) is 10.9 Å². The van der Waals surface area contributed by atoms with Gasteiger partial charge in [-0.3, -0.25) is 9.36 Å². The van der Waals surface area contributed by atoms with Crippen molar-refractivity contribution in [1.82, 2.24) is 9.55 Å². The zero-order chi connectivity index (χ0) is 17.3. The first-order valence-corrected chi connectivity index (χ1v) is 7.68. The SMILES string of the molecule is Cc1cc(C)c(OC(=O)Cn2cnc3ccccc3c2=O)c(C)c1. The number of esters is 1. The van der Waals surface area contributed by atoms with Gasteiger partial charge in [-0.15, -0.1) is 0 Å². The number of nitrogens with zero attached hydrogens (tertiary/aromatic N) is 2. The molecule has 0 saturated heterocycles. The smallest absolute Gasteiger partial charge is 0.331 e. The van der Waals surface area contributed by atoms with Crippen molar-refractivity contribution in [2.24, 2.45) is 0 Å². The van der Waals surface area contributed by atoms with Gasteiger partial charge in [0.15, 0.2) is 0 Å². The van der Waals surface area contributed by atoms with E-state index in [0.717, 1.165) is 16.7 Å². The fourth-order valence-corrected chi connectivity index (χ4v) is 2.83. The van der Waals surface area contributed by atoms with E-state index in [9.17, 15) is 9.59 Å². The van der Waals surface area contributed by atoms with Gasteiger partial charge in [-0.1, -0.05) is 29.8 Å². The van der Waals surface area contributed by atoms with Crippen LogP contribution in [-0.2, 0) is 11.3 Å². The molecule has 5 heteroatoms. The quantitative estimate of drug-likeness (QED) is 0.549. The Morgan fingerprint density at radius 3 is 2.50 bits per heavy atom. The first-order valence-electron chi connectivity index (χ1n) is 7.68. The number of aryl methyl sites for hydroxylation is 3. The zero-order valence-electron chi connectivity index (χ0n) is 13.9. The number of benzene rings is 2. The van der Waals surface area contributed by atoms with Gasteiger partial charge in [-0.25, -0.2) is 9.78 Å². The third kappa shape index (κ3) is 3.06. The molecular weight excluding hydrogens is 304 g/mol. The summed E-state index contributed by atoms with van der Waals surface area (Å²) in [7, 11) is 0. The number of carbonyl (C=O) groups excluding carboxylic acids is 1. The average molecular weight is 322 g/mol. The van der Waals surface area contributed by atoms with E-state index in [4.69, 9.17) is 4.74 Å². The largest absolute Gasteiger partial charge is 0.425 e. The second kappa shape index (κ2) is 6.28. The van der Waals surface area contributed by atoms with E-state index in [-0.39, 0.29) is 12.1 Å². The molecule has 0 unspecified atom stereocenters. The van der Waals surface area contributed by atoms with Gasteiger partial charge in [0.1, 0.15) is 12.3 Å². The maximum Gasteiger partial charge on any atom is 0.331 e. The van der Waals surface area contributed by atoms with E-state index in [1.54, 1.807) is 18.2 Å². The summed E-state index contributed by atoms with van der Waals surface area (Å²) in [5.74, 6) is 0.0524. The molecule has 3 rings (SSSR count). The Balaban J connectivity index is 1.86. The summed E-state index contributed by atoms with van der Waals surface area (Å²) >= 11 is 0. The molecular formula is C19H18N2O3. The Bertz CT molecular complexity index is 966. The van der Waals surface area contributed by atoms with Crippen LogP contribution in [0.2, 0.25) is 0 Å². The zero-order valence-corrected chi connectivity index (χ0v) is 13.9. The minimum Gasteiger partial charge on any atom is -0.425 e. The maximum atomic E-state index is 12.4. The van der Waals surface area contributed by atoms with Crippen molar-refractivity contribution in [3.63, 3.8) is 0 Å². The third-order valence-corrected chi connectivity index (χ3v) is 3.85. The molecule has 0 amide bonds. The molecule has 0 spiro atoms. The Labute approximate surface area is 139 Å². The fourth-order valence-electron chi connectivity index (χ4n) is 2.83. The lowest BCUT2D eigenvalue weighted by Crippen LogP contribution is -2.27. The molecule has 0 N–H and O–H groups in total. The minimum atomic E-state index is -0.496. The van der Waals surface area contributed by atoms with Gasteiger partial charge >= 0.3 is 5.97 Å². The first kappa shape index (κ1) is 15.9. The molecule has 24 heavy (non-hydrogen) atoms. The van der Waals surface area contributed by atoms with Gasteiger partial charge in [0.25, 0.3) is 5.56 Å². The highest BCUT2D eigenvalue weighted by Gasteiger charge is 2.13. The molecule has 0 aliphatic rings. The summed E-state index contributed by atoms with van der Waals surface area (Å²) in [6.07, 6.45) is 1.38. The molecule has 5 nitrogen and oxygen atoms in total. The Morgan fingerprint density at radius 2 is 1.79 bits per heavy atom. The molecule has 0 saturated carbocycles. The van der Waals surface area contributed by atoms with Crippen LogP contribution < -0.4 is 10.3 Å². The van der Waals surface area contributed by atoms with Crippen LogP contribution >= 0.6 is 0 Å². The van der Waals surface area contributed by atoms with Crippen molar-refractivity contribution in [2.75, 3.05) is 0 Å². The topological polar surface area (TPSA) is 61.2 Å². The van der Waals surface area contributed by atoms with E-state index in [1.807, 2.05) is 39.0 Å². The normalized spacial score (nSPS) is 10.8. The summed E-state index contributed by atoms with van der Waals surface area (Å²) in [5.41, 5.74) is 3.25. The second-order valence-corrected chi connectivity index (χ2v) is 5.90. The van der Waals surface area contributed by atoms with Crippen LogP contribution in [0.3, 0.4) is 0 Å². The summed E-state index contributed by atoms with van der Waals surface area (Å²) in [6.45, 7) is 5.61. The predicted octanol–water partition coefficient (Wildman–Crippen LogP) is 2.93. The first-order chi connectivity index (χ1) is 11.5. The van der Waals surface area contributed by atoms with E-state index in [0.29, 0.717) is 16.7 Å². The molecule has 0 bridgehead atoms. The van der Waals surface area contributed by atoms with Gasteiger partial charge in [0.05, 0.1) is 17.2 Å². The summed E-state index contributed by atoms with van der Waals surface area (Å²) < 4.78 is 6.74. The van der Waals surface area contributed by atoms with Crippen molar-refractivity contribution >= 4 is 16.9 Å². The molecule has 1 heterocycles. The van der Waals surface area contributed by atoms with Crippen molar-refractivity contribution in [3.05, 3.63) is 69.8 Å². The number of fused-ring (bicyclic) bond motifs is 1. The standard InChI is InChI=1S/C19H18N2O3/c1-12-8-13(2)18(14(3)9-12)24-17(22)10-21-11-20-16-7-5-4-6-15(16)19(21)23/h4-9,11H,10H2,1-3H3. The van der Waals surface area contributed by atoms with E-state index >= 15 is 0 Å². The van der Waals surface area contributed by atoms with Crippen LogP contribution in [0.5, 0.6) is 5.75 Å². The average Bonchev–Trinajstić information content (AvgIpc) is 2.54. The lowest BCUT2D eigenvalue weighted by atomic mass is 10.1. The van der Waals surface area contributed by atoms with Crippen molar-refractivity contribution in [2.45, 2.75) is 27.3 Å². The highest BCUT2D eigenvalue weighted by Crippen LogP contribution is 2.24. The molecule has 0 atom stereocenters. The predicted molar refractivity (Wildman–Crippen MR) is 92.3 cm³/mol. The van der Waals surface area contributed by atoms with Crippen molar-refractivity contribution in [3.8, 4) is 5.75 Å². The monoisotopic (exact) mass is 322 g/mol. The van der Waals surface area contributed by atoms with Crippen molar-refractivity contribution < 1.29 is 9.53 Å². The maximum absolute atomic E-state index is 12.4. The van der Waals surface area contributed by atoms with E-state index in [1.165, 1.54) is 10.9 Å². The van der Waals surface area contributed by atoms with Gasteiger partial charge in [-0.05, 0) is 44.0 Å². The molecule has 122 valence electrons. The van der Waals surface area contributed by atoms with E-state index in [2.05, 4.69) is 4.98 Å². The number of aromatic nitrogens is 2.